The number of aryl methyl sites for hydroxylation is 1. The Hall–Kier alpha value is -2.39. The van der Waals surface area contributed by atoms with Gasteiger partial charge in [0.25, 0.3) is 0 Å². The first kappa shape index (κ1) is 23.4. The third kappa shape index (κ3) is 4.13. The molecule has 9 nitrogen and oxygen atoms in total. The van der Waals surface area contributed by atoms with Crippen LogP contribution in [0, 0.1) is 24.7 Å². The van der Waals surface area contributed by atoms with Gasteiger partial charge < -0.3 is 29.4 Å². The lowest BCUT2D eigenvalue weighted by Crippen LogP contribution is -2.47. The van der Waals surface area contributed by atoms with Crippen LogP contribution in [0.3, 0.4) is 0 Å². The van der Waals surface area contributed by atoms with Crippen LogP contribution in [0.15, 0.2) is 12.5 Å². The molecule has 1 aliphatic carbocycles. The van der Waals surface area contributed by atoms with E-state index in [2.05, 4.69) is 20.7 Å². The van der Waals surface area contributed by atoms with Crippen LogP contribution in [0.2, 0.25) is 0 Å². The van der Waals surface area contributed by atoms with E-state index in [0.717, 1.165) is 36.0 Å². The Morgan fingerprint density at radius 2 is 2.03 bits per heavy atom. The molecular weight excluding hydrogens is 434 g/mol. The summed E-state index contributed by atoms with van der Waals surface area (Å²) < 4.78 is 20.5. The van der Waals surface area contributed by atoms with Gasteiger partial charge in [-0.25, -0.2) is 14.8 Å². The molecule has 186 valence electrons. The van der Waals surface area contributed by atoms with Crippen LogP contribution in [0.5, 0.6) is 0 Å². The van der Waals surface area contributed by atoms with Crippen molar-refractivity contribution in [2.45, 2.75) is 77.9 Å². The third-order valence-corrected chi connectivity index (χ3v) is 7.58. The zero-order chi connectivity index (χ0) is 24.4. The number of nitrogens with two attached hydrogens (primary N) is 1. The molecule has 1 saturated carbocycles. The molecular formula is C25H37N5O4. The van der Waals surface area contributed by atoms with E-state index in [-0.39, 0.29) is 24.2 Å². The number of hydrogen-bond donors (Lipinski definition) is 1. The number of nitrogens with zero attached hydrogens (tertiary/aromatic N) is 4. The smallest absolute Gasteiger partial charge is 0.410 e. The van der Waals surface area contributed by atoms with Crippen molar-refractivity contribution in [3.63, 3.8) is 0 Å². The molecule has 9 heteroatoms. The van der Waals surface area contributed by atoms with Crippen molar-refractivity contribution >= 4 is 22.9 Å². The highest BCUT2D eigenvalue weighted by Crippen LogP contribution is 2.51. The summed E-state index contributed by atoms with van der Waals surface area (Å²) in [4.78, 5) is 23.3. The Balaban J connectivity index is 1.43. The Labute approximate surface area is 200 Å². The summed E-state index contributed by atoms with van der Waals surface area (Å²) in [6.45, 7) is 13.8. The number of ether oxygens (including phenoxy) is 3. The standard InChI is InChI=1S/C25H37N5O4/c1-14-10-30(22-19(14)21(26)27-13-28-22)18-9-16(17-12-32-25(5,6)33-20(17)18)15-7-8-29(11-15)23(31)34-24(2,3)4/h10,13,15-18,20H,7-9,11-12H2,1-6H3,(H2,26,27,28)/t15?,16-,17?,18-,20-/m1/s1. The fraction of sp³-hybridized carbons (Fsp3) is 0.720. The zero-order valence-corrected chi connectivity index (χ0v) is 21.1. The van der Waals surface area contributed by atoms with Crippen LogP contribution in [-0.2, 0) is 14.2 Å². The van der Waals surface area contributed by atoms with E-state index < -0.39 is 11.4 Å². The maximum Gasteiger partial charge on any atom is 0.410 e. The topological polar surface area (TPSA) is 105 Å². The summed E-state index contributed by atoms with van der Waals surface area (Å²) in [5.41, 5.74) is 7.62. The van der Waals surface area contributed by atoms with Crippen LogP contribution >= 0.6 is 0 Å². The van der Waals surface area contributed by atoms with Crippen molar-refractivity contribution < 1.29 is 19.0 Å². The number of aromatic nitrogens is 3. The van der Waals surface area contributed by atoms with Crippen molar-refractivity contribution in [1.82, 2.24) is 19.4 Å². The minimum atomic E-state index is -0.640. The van der Waals surface area contributed by atoms with Gasteiger partial charge in [0.2, 0.25) is 0 Å². The van der Waals surface area contributed by atoms with E-state index in [4.69, 9.17) is 19.9 Å². The second kappa shape index (κ2) is 8.09. The van der Waals surface area contributed by atoms with E-state index >= 15 is 0 Å². The molecule has 0 bridgehead atoms. The quantitative estimate of drug-likeness (QED) is 0.708. The summed E-state index contributed by atoms with van der Waals surface area (Å²) in [7, 11) is 0. The minimum Gasteiger partial charge on any atom is -0.444 e. The number of carbonyl (C=O) groups excluding carboxylic acids is 1. The van der Waals surface area contributed by atoms with Gasteiger partial charge in [0.15, 0.2) is 5.79 Å². The van der Waals surface area contributed by atoms with Gasteiger partial charge in [-0.2, -0.15) is 0 Å². The molecule has 2 aromatic rings. The van der Waals surface area contributed by atoms with Crippen LogP contribution < -0.4 is 5.73 Å². The van der Waals surface area contributed by atoms with Crippen LogP contribution in [0.25, 0.3) is 11.0 Å². The molecule has 5 atom stereocenters. The fourth-order valence-electron chi connectivity index (χ4n) is 6.15. The third-order valence-electron chi connectivity index (χ3n) is 7.58. The van der Waals surface area contributed by atoms with E-state index in [1.54, 1.807) is 0 Å². The molecule has 4 heterocycles. The maximum absolute atomic E-state index is 12.7. The van der Waals surface area contributed by atoms with Gasteiger partial charge in [0.1, 0.15) is 23.4 Å². The lowest BCUT2D eigenvalue weighted by Gasteiger charge is -2.42. The number of carbonyl (C=O) groups is 1. The second-order valence-corrected chi connectivity index (χ2v) is 11.6. The molecule has 2 aliphatic heterocycles. The van der Waals surface area contributed by atoms with Crippen LogP contribution in [-0.4, -0.2) is 62.7 Å². The Morgan fingerprint density at radius 3 is 2.76 bits per heavy atom. The number of amides is 1. The molecule has 2 unspecified atom stereocenters. The zero-order valence-electron chi connectivity index (χ0n) is 21.1. The van der Waals surface area contributed by atoms with Crippen molar-refractivity contribution in [1.29, 1.82) is 0 Å². The van der Waals surface area contributed by atoms with Crippen molar-refractivity contribution in [2.75, 3.05) is 25.4 Å². The fourth-order valence-corrected chi connectivity index (χ4v) is 6.15. The first-order chi connectivity index (χ1) is 15.9. The number of hydrogen-bond acceptors (Lipinski definition) is 7. The van der Waals surface area contributed by atoms with Crippen molar-refractivity contribution in [3.05, 3.63) is 18.1 Å². The molecule has 0 radical (unpaired) electrons. The maximum atomic E-state index is 12.7. The summed E-state index contributed by atoms with van der Waals surface area (Å²) in [6.07, 6.45) is 5.33. The van der Waals surface area contributed by atoms with Gasteiger partial charge in [-0.05, 0) is 71.8 Å². The average molecular weight is 472 g/mol. The average Bonchev–Trinajstić information content (AvgIpc) is 3.42. The number of nitrogen functional groups attached to an aromatic ring is 1. The number of anilines is 1. The first-order valence-electron chi connectivity index (χ1n) is 12.3. The normalized spacial score (nSPS) is 31.1. The highest BCUT2D eigenvalue weighted by molar-refractivity contribution is 5.89. The van der Waals surface area contributed by atoms with Gasteiger partial charge in [-0.3, -0.25) is 0 Å². The minimum absolute atomic E-state index is 0.00415. The molecule has 34 heavy (non-hydrogen) atoms. The molecule has 5 rings (SSSR count). The van der Waals surface area contributed by atoms with Gasteiger partial charge in [-0.1, -0.05) is 0 Å². The highest BCUT2D eigenvalue weighted by Gasteiger charge is 2.53. The molecule has 3 aliphatic rings. The summed E-state index contributed by atoms with van der Waals surface area (Å²) in [5, 5.41) is 0.908. The van der Waals surface area contributed by atoms with Crippen LogP contribution in [0.4, 0.5) is 10.6 Å². The molecule has 1 amide bonds. The largest absolute Gasteiger partial charge is 0.444 e. The van der Waals surface area contributed by atoms with Crippen LogP contribution in [0.1, 0.15) is 59.1 Å². The van der Waals surface area contributed by atoms with E-state index in [1.807, 2.05) is 46.4 Å². The van der Waals surface area contributed by atoms with E-state index in [1.165, 1.54) is 6.33 Å². The van der Waals surface area contributed by atoms with Gasteiger partial charge >= 0.3 is 6.09 Å². The summed E-state index contributed by atoms with van der Waals surface area (Å²) in [6, 6.07) is 0.110. The Morgan fingerprint density at radius 1 is 1.26 bits per heavy atom. The lowest BCUT2D eigenvalue weighted by atomic mass is 9.82. The molecule has 2 saturated heterocycles. The molecule has 2 aromatic heterocycles. The van der Waals surface area contributed by atoms with Gasteiger partial charge in [0, 0.05) is 25.2 Å². The first-order valence-corrected chi connectivity index (χ1v) is 12.3. The molecule has 2 N–H and O–H groups in total. The highest BCUT2D eigenvalue weighted by atomic mass is 16.7. The monoisotopic (exact) mass is 471 g/mol. The van der Waals surface area contributed by atoms with Gasteiger partial charge in [-0.15, -0.1) is 0 Å². The van der Waals surface area contributed by atoms with Crippen molar-refractivity contribution in [3.8, 4) is 0 Å². The molecule has 0 aromatic carbocycles. The van der Waals surface area contributed by atoms with Crippen molar-refractivity contribution in [2.24, 2.45) is 17.8 Å². The number of likely N-dealkylation sites (tertiary alicyclic amines) is 1. The van der Waals surface area contributed by atoms with E-state index in [0.29, 0.717) is 30.8 Å². The van der Waals surface area contributed by atoms with E-state index in [9.17, 15) is 4.79 Å². The molecule has 3 fully saturated rings. The lowest BCUT2D eigenvalue weighted by molar-refractivity contribution is -0.296. The predicted octanol–water partition coefficient (Wildman–Crippen LogP) is 3.91. The Kier molecular flexibility index (Phi) is 5.55. The predicted molar refractivity (Wildman–Crippen MR) is 128 cm³/mol. The van der Waals surface area contributed by atoms with Gasteiger partial charge in [0.05, 0.1) is 24.1 Å². The number of rotatable bonds is 2. The second-order valence-electron chi connectivity index (χ2n) is 11.6. The Bertz CT molecular complexity index is 1090. The number of fused-ring (bicyclic) bond motifs is 2. The summed E-state index contributed by atoms with van der Waals surface area (Å²) in [5.74, 6) is 0.859. The summed E-state index contributed by atoms with van der Waals surface area (Å²) >= 11 is 0. The SMILES string of the molecule is Cc1cn([C@@H]2C[C@H](C3CCN(C(=O)OC(C)(C)C)C3)C3COC(C)(C)O[C@H]32)c2ncnc(N)c12. The molecule has 0 spiro atoms.